The Morgan fingerprint density at radius 3 is 2.59 bits per heavy atom. The molecule has 0 spiro atoms. The van der Waals surface area contributed by atoms with Gasteiger partial charge in [-0.1, -0.05) is 29.8 Å². The molecule has 0 bridgehead atoms. The summed E-state index contributed by atoms with van der Waals surface area (Å²) < 4.78 is 5.61. The van der Waals surface area contributed by atoms with Gasteiger partial charge in [-0.05, 0) is 44.9 Å². The molecule has 1 rings (SSSR count). The number of nitrogens with one attached hydrogen (secondary N) is 1. The van der Waals surface area contributed by atoms with Crippen LogP contribution in [0, 0.1) is 0 Å². The summed E-state index contributed by atoms with van der Waals surface area (Å²) >= 11 is 6.23. The second-order valence-corrected chi connectivity index (χ2v) is 4.89. The van der Waals surface area contributed by atoms with Crippen LogP contribution in [0.25, 0.3) is 0 Å². The standard InChI is InChI=1S/C14H22ClNO/c1-11(2)17-9-8-12(10-16-3)13-6-4-5-7-14(13)15/h4-7,11-12,16H,8-10H2,1-3H3. The minimum atomic E-state index is 0.288. The van der Waals surface area contributed by atoms with E-state index < -0.39 is 0 Å². The van der Waals surface area contributed by atoms with E-state index in [1.165, 1.54) is 5.56 Å². The molecule has 0 saturated carbocycles. The quantitative estimate of drug-likeness (QED) is 0.806. The SMILES string of the molecule is CNCC(CCOC(C)C)c1ccccc1Cl. The van der Waals surface area contributed by atoms with Gasteiger partial charge in [0.15, 0.2) is 0 Å². The van der Waals surface area contributed by atoms with Crippen LogP contribution in [0.1, 0.15) is 31.7 Å². The number of hydrogen-bond donors (Lipinski definition) is 1. The van der Waals surface area contributed by atoms with Gasteiger partial charge in [-0.3, -0.25) is 0 Å². The third-order valence-electron chi connectivity index (χ3n) is 2.71. The van der Waals surface area contributed by atoms with E-state index in [-0.39, 0.29) is 6.10 Å². The molecule has 1 atom stereocenters. The molecular weight excluding hydrogens is 234 g/mol. The van der Waals surface area contributed by atoms with Crippen LogP contribution in [0.5, 0.6) is 0 Å². The maximum absolute atomic E-state index is 6.23. The van der Waals surface area contributed by atoms with E-state index in [9.17, 15) is 0 Å². The molecule has 0 fully saturated rings. The van der Waals surface area contributed by atoms with E-state index in [1.54, 1.807) is 0 Å². The van der Waals surface area contributed by atoms with Crippen LogP contribution < -0.4 is 5.32 Å². The highest BCUT2D eigenvalue weighted by molar-refractivity contribution is 6.31. The van der Waals surface area contributed by atoms with Gasteiger partial charge in [-0.15, -0.1) is 0 Å². The van der Waals surface area contributed by atoms with Crippen LogP contribution in [0.15, 0.2) is 24.3 Å². The van der Waals surface area contributed by atoms with Crippen LogP contribution in [-0.4, -0.2) is 26.3 Å². The lowest BCUT2D eigenvalue weighted by atomic mass is 9.96. The van der Waals surface area contributed by atoms with Gasteiger partial charge in [0.1, 0.15) is 0 Å². The fraction of sp³-hybridized carbons (Fsp3) is 0.571. The average molecular weight is 256 g/mol. The average Bonchev–Trinajstić information content (AvgIpc) is 2.28. The first-order chi connectivity index (χ1) is 8.15. The van der Waals surface area contributed by atoms with Crippen molar-refractivity contribution in [3.05, 3.63) is 34.9 Å². The zero-order valence-electron chi connectivity index (χ0n) is 10.9. The molecule has 1 aromatic rings. The molecule has 17 heavy (non-hydrogen) atoms. The third kappa shape index (κ3) is 5.07. The minimum absolute atomic E-state index is 0.288. The smallest absolute Gasteiger partial charge is 0.0518 e. The van der Waals surface area contributed by atoms with Crippen molar-refractivity contribution in [2.24, 2.45) is 0 Å². The largest absolute Gasteiger partial charge is 0.379 e. The summed E-state index contributed by atoms with van der Waals surface area (Å²) in [4.78, 5) is 0. The maximum atomic E-state index is 6.23. The lowest BCUT2D eigenvalue weighted by Gasteiger charge is -2.19. The van der Waals surface area contributed by atoms with Gasteiger partial charge in [-0.25, -0.2) is 0 Å². The summed E-state index contributed by atoms with van der Waals surface area (Å²) in [7, 11) is 1.97. The number of halogens is 1. The first kappa shape index (κ1) is 14.5. The summed E-state index contributed by atoms with van der Waals surface area (Å²) in [6.07, 6.45) is 1.28. The van der Waals surface area contributed by atoms with E-state index in [0.717, 1.165) is 24.6 Å². The predicted molar refractivity (Wildman–Crippen MR) is 73.8 cm³/mol. The molecule has 0 aliphatic rings. The normalized spacial score (nSPS) is 13.0. The number of likely N-dealkylation sites (N-methyl/N-ethyl adjacent to an activating group) is 1. The summed E-state index contributed by atoms with van der Waals surface area (Å²) in [5.41, 5.74) is 1.20. The van der Waals surface area contributed by atoms with Gasteiger partial charge in [0, 0.05) is 18.2 Å². The van der Waals surface area contributed by atoms with Crippen molar-refractivity contribution in [3.8, 4) is 0 Å². The fourth-order valence-corrected chi connectivity index (χ4v) is 2.16. The van der Waals surface area contributed by atoms with E-state index in [2.05, 4.69) is 25.2 Å². The van der Waals surface area contributed by atoms with Crippen LogP contribution >= 0.6 is 11.6 Å². The molecule has 0 amide bonds. The zero-order valence-corrected chi connectivity index (χ0v) is 11.6. The Labute approximate surface area is 109 Å². The lowest BCUT2D eigenvalue weighted by molar-refractivity contribution is 0.0734. The van der Waals surface area contributed by atoms with Gasteiger partial charge >= 0.3 is 0 Å². The number of ether oxygens (including phenoxy) is 1. The van der Waals surface area contributed by atoms with Crippen LogP contribution in [0.4, 0.5) is 0 Å². The van der Waals surface area contributed by atoms with Gasteiger partial charge < -0.3 is 10.1 Å². The molecule has 0 aliphatic heterocycles. The molecule has 0 saturated heterocycles. The van der Waals surface area contributed by atoms with E-state index in [4.69, 9.17) is 16.3 Å². The minimum Gasteiger partial charge on any atom is -0.379 e. The number of hydrogen-bond acceptors (Lipinski definition) is 2. The Kier molecular flexibility index (Phi) is 6.56. The second-order valence-electron chi connectivity index (χ2n) is 4.48. The highest BCUT2D eigenvalue weighted by atomic mass is 35.5. The summed E-state index contributed by atoms with van der Waals surface area (Å²) in [6, 6.07) is 8.04. The molecule has 0 heterocycles. The fourth-order valence-electron chi connectivity index (χ4n) is 1.87. The van der Waals surface area contributed by atoms with Crippen molar-refractivity contribution in [1.29, 1.82) is 0 Å². The topological polar surface area (TPSA) is 21.3 Å². The third-order valence-corrected chi connectivity index (χ3v) is 3.06. The summed E-state index contributed by atoms with van der Waals surface area (Å²) in [6.45, 7) is 5.81. The van der Waals surface area contributed by atoms with Gasteiger partial charge in [0.05, 0.1) is 6.10 Å². The Hall–Kier alpha value is -0.570. The number of rotatable bonds is 7. The van der Waals surface area contributed by atoms with Crippen LogP contribution in [0.3, 0.4) is 0 Å². The van der Waals surface area contributed by atoms with Crippen molar-refractivity contribution < 1.29 is 4.74 Å². The zero-order chi connectivity index (χ0) is 12.7. The first-order valence-electron chi connectivity index (χ1n) is 6.15. The molecule has 3 heteroatoms. The highest BCUT2D eigenvalue weighted by Gasteiger charge is 2.13. The molecule has 0 aliphatic carbocycles. The monoisotopic (exact) mass is 255 g/mol. The molecule has 2 nitrogen and oxygen atoms in total. The molecular formula is C14H22ClNO. The molecule has 0 aromatic heterocycles. The number of benzene rings is 1. The van der Waals surface area contributed by atoms with Crippen molar-refractivity contribution in [3.63, 3.8) is 0 Å². The van der Waals surface area contributed by atoms with E-state index in [1.807, 2.05) is 25.2 Å². The van der Waals surface area contributed by atoms with Crippen molar-refractivity contribution in [1.82, 2.24) is 5.32 Å². The van der Waals surface area contributed by atoms with E-state index >= 15 is 0 Å². The van der Waals surface area contributed by atoms with Gasteiger partial charge in [0.25, 0.3) is 0 Å². The second kappa shape index (κ2) is 7.70. The Morgan fingerprint density at radius 2 is 2.00 bits per heavy atom. The molecule has 1 N–H and O–H groups in total. The molecule has 1 unspecified atom stereocenters. The van der Waals surface area contributed by atoms with E-state index in [0.29, 0.717) is 5.92 Å². The van der Waals surface area contributed by atoms with Gasteiger partial charge in [0.2, 0.25) is 0 Å². The lowest BCUT2D eigenvalue weighted by Crippen LogP contribution is -2.19. The van der Waals surface area contributed by atoms with Crippen LogP contribution in [0.2, 0.25) is 5.02 Å². The molecule has 96 valence electrons. The van der Waals surface area contributed by atoms with Crippen molar-refractivity contribution in [2.75, 3.05) is 20.2 Å². The van der Waals surface area contributed by atoms with Crippen LogP contribution in [-0.2, 0) is 4.74 Å². The Bertz CT molecular complexity index is 328. The highest BCUT2D eigenvalue weighted by Crippen LogP contribution is 2.26. The van der Waals surface area contributed by atoms with Crippen molar-refractivity contribution in [2.45, 2.75) is 32.3 Å². The summed E-state index contributed by atoms with van der Waals surface area (Å²) in [5.74, 6) is 0.410. The summed E-state index contributed by atoms with van der Waals surface area (Å²) in [5, 5.41) is 4.06. The van der Waals surface area contributed by atoms with Gasteiger partial charge in [-0.2, -0.15) is 0 Å². The Morgan fingerprint density at radius 1 is 1.29 bits per heavy atom. The Balaban J connectivity index is 2.62. The molecule has 1 aromatic carbocycles. The first-order valence-corrected chi connectivity index (χ1v) is 6.53. The maximum Gasteiger partial charge on any atom is 0.0518 e. The predicted octanol–water partition coefficient (Wildman–Crippen LogP) is 3.46. The molecule has 0 radical (unpaired) electrons. The van der Waals surface area contributed by atoms with Crippen molar-refractivity contribution >= 4 is 11.6 Å².